The van der Waals surface area contributed by atoms with Gasteiger partial charge in [0.2, 0.25) is 5.95 Å². The number of methoxy groups -OCH3 is 3. The van der Waals surface area contributed by atoms with Gasteiger partial charge in [0.05, 0.1) is 26.9 Å². The lowest BCUT2D eigenvalue weighted by Crippen LogP contribution is -2.01. The van der Waals surface area contributed by atoms with E-state index in [0.717, 1.165) is 5.56 Å². The fourth-order valence-corrected chi connectivity index (χ4v) is 1.99. The molecular formula is C13H18N4O3. The zero-order chi connectivity index (χ0) is 14.7. The molecule has 7 nitrogen and oxygen atoms in total. The quantitative estimate of drug-likeness (QED) is 0.894. The third-order valence-corrected chi connectivity index (χ3v) is 3.05. The Morgan fingerprint density at radius 1 is 0.950 bits per heavy atom. The summed E-state index contributed by atoms with van der Waals surface area (Å²) in [6.07, 6.45) is 0. The lowest BCUT2D eigenvalue weighted by Gasteiger charge is -2.13. The van der Waals surface area contributed by atoms with E-state index in [-0.39, 0.29) is 0 Å². The van der Waals surface area contributed by atoms with E-state index in [0.29, 0.717) is 29.0 Å². The molecule has 0 aliphatic rings. The van der Waals surface area contributed by atoms with Crippen LogP contribution >= 0.6 is 0 Å². The van der Waals surface area contributed by atoms with E-state index in [1.807, 2.05) is 17.7 Å². The van der Waals surface area contributed by atoms with Gasteiger partial charge in [0, 0.05) is 20.2 Å². The minimum absolute atomic E-state index is 0.601. The van der Waals surface area contributed by atoms with Crippen molar-refractivity contribution in [2.24, 2.45) is 7.05 Å². The fraction of sp³-hybridized carbons (Fsp3) is 0.385. The SMILES string of the molecule is CNc1nnc(-c2cc(OC)c(OC)cc2OC)n1C. The Balaban J connectivity index is 2.62. The molecule has 1 aromatic carbocycles. The van der Waals surface area contributed by atoms with E-state index in [4.69, 9.17) is 14.2 Å². The number of hydrogen-bond acceptors (Lipinski definition) is 6. The van der Waals surface area contributed by atoms with E-state index in [1.54, 1.807) is 34.4 Å². The van der Waals surface area contributed by atoms with Crippen molar-refractivity contribution >= 4 is 5.95 Å². The first-order valence-corrected chi connectivity index (χ1v) is 6.03. The molecule has 108 valence electrons. The lowest BCUT2D eigenvalue weighted by atomic mass is 10.1. The minimum Gasteiger partial charge on any atom is -0.496 e. The van der Waals surface area contributed by atoms with Crippen LogP contribution < -0.4 is 19.5 Å². The van der Waals surface area contributed by atoms with Crippen LogP contribution in [0.15, 0.2) is 12.1 Å². The summed E-state index contributed by atoms with van der Waals surface area (Å²) in [6.45, 7) is 0. The number of hydrogen-bond donors (Lipinski definition) is 1. The van der Waals surface area contributed by atoms with Crippen LogP contribution in [0, 0.1) is 0 Å². The van der Waals surface area contributed by atoms with Gasteiger partial charge in [-0.2, -0.15) is 0 Å². The molecule has 0 atom stereocenters. The van der Waals surface area contributed by atoms with E-state index < -0.39 is 0 Å². The summed E-state index contributed by atoms with van der Waals surface area (Å²) in [6, 6.07) is 3.59. The molecule has 0 unspecified atom stereocenters. The first-order valence-electron chi connectivity index (χ1n) is 6.03. The molecule has 0 saturated heterocycles. The number of rotatable bonds is 5. The van der Waals surface area contributed by atoms with E-state index in [2.05, 4.69) is 15.5 Å². The molecule has 0 aliphatic carbocycles. The largest absolute Gasteiger partial charge is 0.496 e. The smallest absolute Gasteiger partial charge is 0.224 e. The zero-order valence-corrected chi connectivity index (χ0v) is 12.2. The van der Waals surface area contributed by atoms with Crippen LogP contribution in [-0.2, 0) is 7.05 Å². The van der Waals surface area contributed by atoms with Gasteiger partial charge >= 0.3 is 0 Å². The standard InChI is InChI=1S/C13H18N4O3/c1-14-13-16-15-12(17(13)2)8-6-10(19-4)11(20-5)7-9(8)18-3/h6-7H,1-5H3,(H,14,16). The number of aromatic nitrogens is 3. The molecular weight excluding hydrogens is 260 g/mol. The molecule has 1 N–H and O–H groups in total. The number of nitrogens with zero attached hydrogens (tertiary/aromatic N) is 3. The van der Waals surface area contributed by atoms with Crippen LogP contribution in [0.25, 0.3) is 11.4 Å². The minimum atomic E-state index is 0.601. The maximum Gasteiger partial charge on any atom is 0.224 e. The van der Waals surface area contributed by atoms with Gasteiger partial charge < -0.3 is 19.5 Å². The molecule has 0 aliphatic heterocycles. The number of anilines is 1. The van der Waals surface area contributed by atoms with Gasteiger partial charge in [0.1, 0.15) is 5.75 Å². The topological polar surface area (TPSA) is 70.4 Å². The summed E-state index contributed by atoms with van der Waals surface area (Å²) in [4.78, 5) is 0. The first-order chi connectivity index (χ1) is 9.65. The van der Waals surface area contributed by atoms with Crippen LogP contribution in [0.3, 0.4) is 0 Å². The summed E-state index contributed by atoms with van der Waals surface area (Å²) in [5.41, 5.74) is 0.779. The van der Waals surface area contributed by atoms with Crippen molar-refractivity contribution in [1.82, 2.24) is 14.8 Å². The monoisotopic (exact) mass is 278 g/mol. The Kier molecular flexibility index (Phi) is 3.97. The molecule has 0 saturated carbocycles. The molecule has 0 spiro atoms. The normalized spacial score (nSPS) is 10.2. The molecule has 2 rings (SSSR count). The van der Waals surface area contributed by atoms with Gasteiger partial charge in [-0.05, 0) is 6.07 Å². The van der Waals surface area contributed by atoms with E-state index in [9.17, 15) is 0 Å². The molecule has 20 heavy (non-hydrogen) atoms. The molecule has 2 aromatic rings. The van der Waals surface area contributed by atoms with Crippen molar-refractivity contribution in [3.05, 3.63) is 12.1 Å². The molecule has 1 aromatic heterocycles. The van der Waals surface area contributed by atoms with Gasteiger partial charge in [0.25, 0.3) is 0 Å². The highest BCUT2D eigenvalue weighted by molar-refractivity contribution is 5.70. The highest BCUT2D eigenvalue weighted by atomic mass is 16.5. The van der Waals surface area contributed by atoms with Crippen molar-refractivity contribution in [3.8, 4) is 28.6 Å². The van der Waals surface area contributed by atoms with E-state index >= 15 is 0 Å². The Morgan fingerprint density at radius 3 is 2.05 bits per heavy atom. The van der Waals surface area contributed by atoms with Gasteiger partial charge in [-0.1, -0.05) is 0 Å². The maximum atomic E-state index is 5.40. The zero-order valence-electron chi connectivity index (χ0n) is 12.2. The Labute approximate surface area is 117 Å². The summed E-state index contributed by atoms with van der Waals surface area (Å²) in [7, 11) is 8.43. The highest BCUT2D eigenvalue weighted by Crippen LogP contribution is 2.39. The summed E-state index contributed by atoms with van der Waals surface area (Å²) in [5, 5.41) is 11.2. The van der Waals surface area contributed by atoms with Crippen LogP contribution in [0.5, 0.6) is 17.2 Å². The average Bonchev–Trinajstić information content (AvgIpc) is 2.86. The van der Waals surface area contributed by atoms with E-state index in [1.165, 1.54) is 0 Å². The van der Waals surface area contributed by atoms with Crippen LogP contribution in [0.2, 0.25) is 0 Å². The van der Waals surface area contributed by atoms with Gasteiger partial charge in [-0.3, -0.25) is 4.57 Å². The summed E-state index contributed by atoms with van der Waals surface area (Å²) >= 11 is 0. The Bertz CT molecular complexity index is 610. The highest BCUT2D eigenvalue weighted by Gasteiger charge is 2.18. The van der Waals surface area contributed by atoms with Crippen LogP contribution in [0.4, 0.5) is 5.95 Å². The number of benzene rings is 1. The van der Waals surface area contributed by atoms with Crippen molar-refractivity contribution in [3.63, 3.8) is 0 Å². The lowest BCUT2D eigenvalue weighted by molar-refractivity contribution is 0.349. The van der Waals surface area contributed by atoms with Gasteiger partial charge in [0.15, 0.2) is 17.3 Å². The summed E-state index contributed by atoms with van der Waals surface area (Å²) < 4.78 is 17.8. The molecule has 0 radical (unpaired) electrons. The first kappa shape index (κ1) is 14.0. The number of nitrogens with one attached hydrogen (secondary N) is 1. The Hall–Kier alpha value is -2.44. The fourth-order valence-electron chi connectivity index (χ4n) is 1.99. The second kappa shape index (κ2) is 5.68. The molecule has 0 fully saturated rings. The Morgan fingerprint density at radius 2 is 1.55 bits per heavy atom. The summed E-state index contributed by atoms with van der Waals surface area (Å²) in [5.74, 6) is 3.19. The van der Waals surface area contributed by atoms with Crippen LogP contribution in [-0.4, -0.2) is 43.1 Å². The van der Waals surface area contributed by atoms with Crippen molar-refractivity contribution < 1.29 is 14.2 Å². The second-order valence-electron chi connectivity index (χ2n) is 4.06. The third-order valence-electron chi connectivity index (χ3n) is 3.05. The molecule has 0 bridgehead atoms. The van der Waals surface area contributed by atoms with Crippen molar-refractivity contribution in [1.29, 1.82) is 0 Å². The van der Waals surface area contributed by atoms with Crippen molar-refractivity contribution in [2.45, 2.75) is 0 Å². The number of ether oxygens (including phenoxy) is 3. The van der Waals surface area contributed by atoms with Crippen LogP contribution in [0.1, 0.15) is 0 Å². The van der Waals surface area contributed by atoms with Gasteiger partial charge in [-0.15, -0.1) is 10.2 Å². The molecule has 7 heteroatoms. The third kappa shape index (κ3) is 2.22. The predicted octanol–water partition coefficient (Wildman–Crippen LogP) is 1.55. The average molecular weight is 278 g/mol. The maximum absolute atomic E-state index is 5.40. The second-order valence-corrected chi connectivity index (χ2v) is 4.06. The van der Waals surface area contributed by atoms with Gasteiger partial charge in [-0.25, -0.2) is 0 Å². The molecule has 0 amide bonds. The molecule has 1 heterocycles. The van der Waals surface area contributed by atoms with Crippen molar-refractivity contribution in [2.75, 3.05) is 33.7 Å². The predicted molar refractivity (Wildman–Crippen MR) is 75.6 cm³/mol.